The predicted molar refractivity (Wildman–Crippen MR) is 99.4 cm³/mol. The molecule has 0 radical (unpaired) electrons. The standard InChI is InChI=1S/C18H24N4OS/c1-13-4-5-14(2)17(10-13)19-18(24)22-8-6-21(7-9-22)12-16-11-15(3)23-20-16/h4-5,10-11H,6-9,12H2,1-3H3,(H,19,24)/p+1. The Bertz CT molecular complexity index is 720. The zero-order valence-electron chi connectivity index (χ0n) is 14.6. The van der Waals surface area contributed by atoms with Gasteiger partial charge in [-0.3, -0.25) is 0 Å². The zero-order valence-corrected chi connectivity index (χ0v) is 15.4. The van der Waals surface area contributed by atoms with E-state index >= 15 is 0 Å². The Labute approximate surface area is 148 Å². The lowest BCUT2D eigenvalue weighted by atomic mass is 10.1. The van der Waals surface area contributed by atoms with Gasteiger partial charge in [-0.2, -0.15) is 0 Å². The van der Waals surface area contributed by atoms with Crippen LogP contribution in [0.15, 0.2) is 28.8 Å². The van der Waals surface area contributed by atoms with E-state index in [0.29, 0.717) is 0 Å². The van der Waals surface area contributed by atoms with Crippen LogP contribution in [-0.4, -0.2) is 41.3 Å². The summed E-state index contributed by atoms with van der Waals surface area (Å²) in [6.07, 6.45) is 0. The third kappa shape index (κ3) is 4.13. The van der Waals surface area contributed by atoms with Crippen LogP contribution in [0.3, 0.4) is 0 Å². The topological polar surface area (TPSA) is 45.7 Å². The molecule has 0 unspecified atom stereocenters. The van der Waals surface area contributed by atoms with Crippen molar-refractivity contribution in [2.75, 3.05) is 31.5 Å². The maximum absolute atomic E-state index is 5.61. The number of benzene rings is 1. The first kappa shape index (κ1) is 16.9. The summed E-state index contributed by atoms with van der Waals surface area (Å²) in [4.78, 5) is 3.78. The van der Waals surface area contributed by atoms with Crippen LogP contribution in [0.4, 0.5) is 5.69 Å². The second kappa shape index (κ2) is 7.32. The fraction of sp³-hybridized carbons (Fsp3) is 0.444. The molecule has 24 heavy (non-hydrogen) atoms. The molecule has 128 valence electrons. The molecule has 1 aromatic carbocycles. The lowest BCUT2D eigenvalue weighted by Gasteiger charge is -2.33. The van der Waals surface area contributed by atoms with Gasteiger partial charge in [0.05, 0.1) is 26.2 Å². The summed E-state index contributed by atoms with van der Waals surface area (Å²) in [7, 11) is 0. The molecule has 2 N–H and O–H groups in total. The molecule has 2 aromatic rings. The summed E-state index contributed by atoms with van der Waals surface area (Å²) in [5.41, 5.74) is 4.59. The smallest absolute Gasteiger partial charge is 0.173 e. The van der Waals surface area contributed by atoms with Gasteiger partial charge in [0.2, 0.25) is 0 Å². The molecular weight excluding hydrogens is 320 g/mol. The number of aryl methyl sites for hydroxylation is 3. The summed E-state index contributed by atoms with van der Waals surface area (Å²) in [6.45, 7) is 11.1. The highest BCUT2D eigenvalue weighted by atomic mass is 32.1. The van der Waals surface area contributed by atoms with Gasteiger partial charge in [-0.15, -0.1) is 0 Å². The highest BCUT2D eigenvalue weighted by molar-refractivity contribution is 7.80. The molecule has 1 saturated heterocycles. The quantitative estimate of drug-likeness (QED) is 0.829. The molecule has 1 aliphatic rings. The van der Waals surface area contributed by atoms with E-state index in [1.165, 1.54) is 16.0 Å². The maximum atomic E-state index is 5.61. The molecular formula is C18H25N4OS+. The van der Waals surface area contributed by atoms with Crippen LogP contribution in [0.5, 0.6) is 0 Å². The van der Waals surface area contributed by atoms with Gasteiger partial charge >= 0.3 is 0 Å². The number of anilines is 1. The fourth-order valence-corrected chi connectivity index (χ4v) is 3.32. The summed E-state index contributed by atoms with van der Waals surface area (Å²) in [6, 6.07) is 8.42. The second-order valence-electron chi connectivity index (χ2n) is 6.59. The molecule has 0 spiro atoms. The van der Waals surface area contributed by atoms with Crippen molar-refractivity contribution in [3.05, 3.63) is 46.8 Å². The third-order valence-electron chi connectivity index (χ3n) is 4.50. The average Bonchev–Trinajstić information content (AvgIpc) is 2.96. The first-order chi connectivity index (χ1) is 11.5. The largest absolute Gasteiger partial charge is 0.361 e. The Kier molecular flexibility index (Phi) is 5.16. The average molecular weight is 345 g/mol. The number of hydrogen-bond donors (Lipinski definition) is 2. The van der Waals surface area contributed by atoms with Crippen molar-refractivity contribution in [1.29, 1.82) is 0 Å². The van der Waals surface area contributed by atoms with Gasteiger partial charge in [-0.25, -0.2) is 0 Å². The SMILES string of the molecule is Cc1ccc(C)c(NC(=S)N2CC[NH+](Cc3cc(C)on3)CC2)c1. The normalized spacial score (nSPS) is 15.5. The van der Waals surface area contributed by atoms with E-state index in [9.17, 15) is 0 Å². The van der Waals surface area contributed by atoms with E-state index < -0.39 is 0 Å². The van der Waals surface area contributed by atoms with Crippen LogP contribution in [0.25, 0.3) is 0 Å². The van der Waals surface area contributed by atoms with Gasteiger partial charge in [-0.05, 0) is 50.2 Å². The van der Waals surface area contributed by atoms with Gasteiger partial charge < -0.3 is 19.6 Å². The van der Waals surface area contributed by atoms with Gasteiger partial charge in [0.15, 0.2) is 5.11 Å². The molecule has 0 aliphatic carbocycles. The molecule has 1 fully saturated rings. The second-order valence-corrected chi connectivity index (χ2v) is 6.98. The van der Waals surface area contributed by atoms with Crippen molar-refractivity contribution >= 4 is 23.0 Å². The first-order valence-electron chi connectivity index (χ1n) is 8.40. The lowest BCUT2D eigenvalue weighted by Crippen LogP contribution is -3.13. The van der Waals surface area contributed by atoms with E-state index in [1.54, 1.807) is 0 Å². The number of aromatic nitrogens is 1. The summed E-state index contributed by atoms with van der Waals surface area (Å²) < 4.78 is 5.15. The molecule has 0 atom stereocenters. The molecule has 1 aromatic heterocycles. The molecule has 2 heterocycles. The number of nitrogens with one attached hydrogen (secondary N) is 2. The van der Waals surface area contributed by atoms with Crippen LogP contribution in [0.2, 0.25) is 0 Å². The van der Waals surface area contributed by atoms with E-state index in [0.717, 1.165) is 55.0 Å². The maximum Gasteiger partial charge on any atom is 0.173 e. The Hall–Kier alpha value is -1.92. The number of piperazine rings is 1. The van der Waals surface area contributed by atoms with Crippen LogP contribution in [0.1, 0.15) is 22.6 Å². The lowest BCUT2D eigenvalue weighted by molar-refractivity contribution is -0.917. The minimum absolute atomic E-state index is 0.819. The number of hydrogen-bond acceptors (Lipinski definition) is 3. The third-order valence-corrected chi connectivity index (χ3v) is 4.86. The number of nitrogens with zero attached hydrogens (tertiary/aromatic N) is 2. The number of quaternary nitrogens is 1. The molecule has 0 bridgehead atoms. The van der Waals surface area contributed by atoms with Crippen LogP contribution in [-0.2, 0) is 6.54 Å². The van der Waals surface area contributed by atoms with Gasteiger partial charge in [0.25, 0.3) is 0 Å². The van der Waals surface area contributed by atoms with E-state index in [1.807, 2.05) is 13.0 Å². The molecule has 0 amide bonds. The predicted octanol–water partition coefficient (Wildman–Crippen LogP) is 1.70. The molecule has 5 nitrogen and oxygen atoms in total. The number of thiocarbonyl (C=S) groups is 1. The van der Waals surface area contributed by atoms with Crippen molar-refractivity contribution in [1.82, 2.24) is 10.1 Å². The number of rotatable bonds is 3. The molecule has 3 rings (SSSR count). The Morgan fingerprint density at radius 2 is 2.00 bits per heavy atom. The van der Waals surface area contributed by atoms with E-state index in [2.05, 4.69) is 47.4 Å². The minimum Gasteiger partial charge on any atom is -0.361 e. The van der Waals surface area contributed by atoms with Crippen molar-refractivity contribution in [2.45, 2.75) is 27.3 Å². The fourth-order valence-electron chi connectivity index (χ4n) is 3.02. The summed E-state index contributed by atoms with van der Waals surface area (Å²) in [5, 5.41) is 8.32. The van der Waals surface area contributed by atoms with E-state index in [4.69, 9.17) is 16.7 Å². The Morgan fingerprint density at radius 3 is 2.67 bits per heavy atom. The van der Waals surface area contributed by atoms with E-state index in [-0.39, 0.29) is 0 Å². The van der Waals surface area contributed by atoms with Crippen molar-refractivity contribution in [3.8, 4) is 0 Å². The van der Waals surface area contributed by atoms with Crippen LogP contribution < -0.4 is 10.2 Å². The first-order valence-corrected chi connectivity index (χ1v) is 8.81. The van der Waals surface area contributed by atoms with Crippen LogP contribution in [0, 0.1) is 20.8 Å². The zero-order chi connectivity index (χ0) is 17.1. The Balaban J connectivity index is 1.52. The van der Waals surface area contributed by atoms with Crippen molar-refractivity contribution < 1.29 is 9.42 Å². The highest BCUT2D eigenvalue weighted by Gasteiger charge is 2.23. The van der Waals surface area contributed by atoms with Gasteiger partial charge in [0.1, 0.15) is 18.0 Å². The van der Waals surface area contributed by atoms with Crippen LogP contribution >= 0.6 is 12.2 Å². The highest BCUT2D eigenvalue weighted by Crippen LogP contribution is 2.17. The molecule has 6 heteroatoms. The van der Waals surface area contributed by atoms with Crippen molar-refractivity contribution in [2.24, 2.45) is 0 Å². The monoisotopic (exact) mass is 345 g/mol. The van der Waals surface area contributed by atoms with Gasteiger partial charge in [-0.1, -0.05) is 17.3 Å². The molecule has 0 saturated carbocycles. The summed E-state index contributed by atoms with van der Waals surface area (Å²) in [5.74, 6) is 0.877. The Morgan fingerprint density at radius 1 is 1.25 bits per heavy atom. The minimum atomic E-state index is 0.819. The van der Waals surface area contributed by atoms with Crippen molar-refractivity contribution in [3.63, 3.8) is 0 Å². The molecule has 1 aliphatic heterocycles. The summed E-state index contributed by atoms with van der Waals surface area (Å²) >= 11 is 5.61. The van der Waals surface area contributed by atoms with Gasteiger partial charge in [0, 0.05) is 11.8 Å².